The van der Waals surface area contributed by atoms with E-state index in [1.807, 2.05) is 11.8 Å². The fourth-order valence-corrected chi connectivity index (χ4v) is 4.32. The number of nitrogens with one attached hydrogen (secondary N) is 1. The Labute approximate surface area is 120 Å². The summed E-state index contributed by atoms with van der Waals surface area (Å²) >= 11 is 4.01. The van der Waals surface area contributed by atoms with E-state index < -0.39 is 0 Å². The van der Waals surface area contributed by atoms with Gasteiger partial charge >= 0.3 is 0 Å². The van der Waals surface area contributed by atoms with Gasteiger partial charge in [-0.05, 0) is 31.2 Å². The van der Waals surface area contributed by atoms with E-state index in [-0.39, 0.29) is 0 Å². The molecule has 0 spiro atoms. The van der Waals surface area contributed by atoms with Crippen LogP contribution in [0.25, 0.3) is 0 Å². The highest BCUT2D eigenvalue weighted by molar-refractivity contribution is 8.00. The number of benzene rings is 1. The van der Waals surface area contributed by atoms with Crippen LogP contribution in [0.5, 0.6) is 0 Å². The quantitative estimate of drug-likeness (QED) is 0.598. The van der Waals surface area contributed by atoms with Gasteiger partial charge in [-0.3, -0.25) is 0 Å². The van der Waals surface area contributed by atoms with E-state index in [9.17, 15) is 0 Å². The van der Waals surface area contributed by atoms with E-state index >= 15 is 0 Å². The van der Waals surface area contributed by atoms with Crippen molar-refractivity contribution in [2.45, 2.75) is 35.3 Å². The van der Waals surface area contributed by atoms with E-state index in [4.69, 9.17) is 0 Å². The minimum Gasteiger partial charge on any atom is -0.315 e. The number of hydrogen-bond donors (Lipinski definition) is 1. The zero-order valence-corrected chi connectivity index (χ0v) is 12.8. The van der Waals surface area contributed by atoms with Gasteiger partial charge in [0, 0.05) is 28.5 Å². The summed E-state index contributed by atoms with van der Waals surface area (Å²) in [5.74, 6) is 1.16. The van der Waals surface area contributed by atoms with Crippen molar-refractivity contribution in [2.75, 3.05) is 25.1 Å². The maximum atomic E-state index is 3.65. The molecule has 0 radical (unpaired) electrons. The second kappa shape index (κ2) is 7.46. The molecule has 0 heterocycles. The average Bonchev–Trinajstić information content (AvgIpc) is 2.89. The second-order valence-electron chi connectivity index (χ2n) is 4.93. The normalized spacial score (nSPS) is 18.1. The maximum Gasteiger partial charge on any atom is 0.0281 e. The van der Waals surface area contributed by atoms with Crippen LogP contribution in [-0.2, 0) is 0 Å². The van der Waals surface area contributed by atoms with Crippen LogP contribution in [0.1, 0.15) is 25.7 Å². The van der Waals surface area contributed by atoms with Crippen LogP contribution >= 0.6 is 23.5 Å². The SMILES string of the molecule is CSC1(CNCCSc2ccccc2)CCCC1. The molecule has 0 unspecified atom stereocenters. The van der Waals surface area contributed by atoms with Crippen molar-refractivity contribution in [2.24, 2.45) is 0 Å². The monoisotopic (exact) mass is 281 g/mol. The molecule has 1 aliphatic carbocycles. The molecule has 2 rings (SSSR count). The highest BCUT2D eigenvalue weighted by atomic mass is 32.2. The lowest BCUT2D eigenvalue weighted by atomic mass is 10.1. The lowest BCUT2D eigenvalue weighted by Crippen LogP contribution is -2.36. The lowest BCUT2D eigenvalue weighted by Gasteiger charge is -2.27. The van der Waals surface area contributed by atoms with Crippen molar-refractivity contribution < 1.29 is 0 Å². The summed E-state index contributed by atoms with van der Waals surface area (Å²) in [7, 11) is 0. The Bertz CT molecular complexity index is 334. The first-order chi connectivity index (χ1) is 8.85. The van der Waals surface area contributed by atoms with Crippen LogP contribution in [0, 0.1) is 0 Å². The van der Waals surface area contributed by atoms with Crippen molar-refractivity contribution in [3.8, 4) is 0 Å². The Morgan fingerprint density at radius 3 is 2.56 bits per heavy atom. The van der Waals surface area contributed by atoms with Crippen molar-refractivity contribution in [3.05, 3.63) is 30.3 Å². The van der Waals surface area contributed by atoms with Crippen molar-refractivity contribution >= 4 is 23.5 Å². The van der Waals surface area contributed by atoms with Crippen molar-refractivity contribution in [1.82, 2.24) is 5.32 Å². The molecule has 1 aliphatic rings. The summed E-state index contributed by atoms with van der Waals surface area (Å²) in [6.45, 7) is 2.30. The Kier molecular flexibility index (Phi) is 5.93. The standard InChI is InChI=1S/C15H23NS2/c1-17-15(9-5-6-10-15)13-16-11-12-18-14-7-3-2-4-8-14/h2-4,7-8,16H,5-6,9-13H2,1H3. The summed E-state index contributed by atoms with van der Waals surface area (Å²) < 4.78 is 0.539. The van der Waals surface area contributed by atoms with E-state index in [2.05, 4.69) is 53.7 Å². The fourth-order valence-electron chi connectivity index (χ4n) is 2.55. The average molecular weight is 281 g/mol. The van der Waals surface area contributed by atoms with Crippen molar-refractivity contribution in [1.29, 1.82) is 0 Å². The van der Waals surface area contributed by atoms with Gasteiger partial charge < -0.3 is 5.32 Å². The van der Waals surface area contributed by atoms with Gasteiger partial charge in [-0.2, -0.15) is 11.8 Å². The molecule has 18 heavy (non-hydrogen) atoms. The van der Waals surface area contributed by atoms with E-state index in [1.54, 1.807) is 0 Å². The Morgan fingerprint density at radius 1 is 1.17 bits per heavy atom. The summed E-state index contributed by atoms with van der Waals surface area (Å²) in [5, 5.41) is 3.65. The molecular formula is C15H23NS2. The van der Waals surface area contributed by atoms with Gasteiger partial charge in [0.1, 0.15) is 0 Å². The zero-order valence-electron chi connectivity index (χ0n) is 11.2. The van der Waals surface area contributed by atoms with Gasteiger partial charge in [-0.15, -0.1) is 11.8 Å². The van der Waals surface area contributed by atoms with Crippen LogP contribution in [0.2, 0.25) is 0 Å². The van der Waals surface area contributed by atoms with Gasteiger partial charge in [0.15, 0.2) is 0 Å². The third kappa shape index (κ3) is 4.22. The van der Waals surface area contributed by atoms with Crippen LogP contribution < -0.4 is 5.32 Å². The Balaban J connectivity index is 1.61. The number of thioether (sulfide) groups is 2. The molecule has 0 aromatic heterocycles. The van der Waals surface area contributed by atoms with Gasteiger partial charge in [0.25, 0.3) is 0 Å². The van der Waals surface area contributed by atoms with Crippen LogP contribution in [0.15, 0.2) is 35.2 Å². The van der Waals surface area contributed by atoms with E-state index in [1.165, 1.54) is 37.1 Å². The summed E-state index contributed by atoms with van der Waals surface area (Å²) in [6, 6.07) is 10.7. The summed E-state index contributed by atoms with van der Waals surface area (Å²) in [4.78, 5) is 1.37. The van der Waals surface area contributed by atoms with Gasteiger partial charge in [-0.25, -0.2) is 0 Å². The van der Waals surface area contributed by atoms with Gasteiger partial charge in [0.2, 0.25) is 0 Å². The van der Waals surface area contributed by atoms with E-state index in [0.717, 1.165) is 12.3 Å². The zero-order chi connectivity index (χ0) is 12.7. The topological polar surface area (TPSA) is 12.0 Å². The molecule has 3 heteroatoms. The first-order valence-corrected chi connectivity index (χ1v) is 8.99. The number of rotatable bonds is 7. The molecule has 1 saturated carbocycles. The summed E-state index contributed by atoms with van der Waals surface area (Å²) in [5.41, 5.74) is 0. The fraction of sp³-hybridized carbons (Fsp3) is 0.600. The molecule has 1 fully saturated rings. The minimum absolute atomic E-state index is 0.539. The molecule has 1 nitrogen and oxygen atoms in total. The van der Waals surface area contributed by atoms with Gasteiger partial charge in [-0.1, -0.05) is 31.0 Å². The predicted molar refractivity (Wildman–Crippen MR) is 84.7 cm³/mol. The molecule has 1 N–H and O–H groups in total. The predicted octanol–water partition coefficient (Wildman–Crippen LogP) is 4.04. The molecule has 0 atom stereocenters. The third-order valence-electron chi connectivity index (χ3n) is 3.69. The van der Waals surface area contributed by atoms with Crippen LogP contribution in [0.4, 0.5) is 0 Å². The molecule has 0 amide bonds. The first kappa shape index (κ1) is 14.3. The maximum absolute atomic E-state index is 3.65. The molecule has 1 aromatic rings. The molecule has 100 valence electrons. The molecule has 1 aromatic carbocycles. The smallest absolute Gasteiger partial charge is 0.0281 e. The van der Waals surface area contributed by atoms with Gasteiger partial charge in [0.05, 0.1) is 0 Å². The van der Waals surface area contributed by atoms with Crippen molar-refractivity contribution in [3.63, 3.8) is 0 Å². The first-order valence-electron chi connectivity index (χ1n) is 6.78. The third-order valence-corrected chi connectivity index (χ3v) is 6.12. The molecule has 0 bridgehead atoms. The molecular weight excluding hydrogens is 258 g/mol. The van der Waals surface area contributed by atoms with Crippen LogP contribution in [0.3, 0.4) is 0 Å². The van der Waals surface area contributed by atoms with Crippen LogP contribution in [-0.4, -0.2) is 29.8 Å². The Hall–Kier alpha value is -0.120. The minimum atomic E-state index is 0.539. The molecule has 0 saturated heterocycles. The highest BCUT2D eigenvalue weighted by Crippen LogP contribution is 2.39. The Morgan fingerprint density at radius 2 is 1.89 bits per heavy atom. The number of hydrogen-bond acceptors (Lipinski definition) is 3. The lowest BCUT2D eigenvalue weighted by molar-refractivity contribution is 0.547. The highest BCUT2D eigenvalue weighted by Gasteiger charge is 2.32. The molecule has 0 aliphatic heterocycles. The largest absolute Gasteiger partial charge is 0.315 e. The second-order valence-corrected chi connectivity index (χ2v) is 7.38. The van der Waals surface area contributed by atoms with E-state index in [0.29, 0.717) is 4.75 Å². The summed E-state index contributed by atoms with van der Waals surface area (Å²) in [6.07, 6.45) is 7.90.